The third kappa shape index (κ3) is 5.17. The number of rotatable bonds is 10. The molecule has 4 aromatic rings. The fraction of sp³-hybridized carbons (Fsp3) is 0.280. The van der Waals surface area contributed by atoms with Crippen LogP contribution in [0.15, 0.2) is 53.2 Å². The van der Waals surface area contributed by atoms with Gasteiger partial charge in [0.05, 0.1) is 5.56 Å². The van der Waals surface area contributed by atoms with Crippen LogP contribution in [0.5, 0.6) is 0 Å². The van der Waals surface area contributed by atoms with E-state index in [9.17, 15) is 17.6 Å². The summed E-state index contributed by atoms with van der Waals surface area (Å²) in [6.45, 7) is 0.384. The van der Waals surface area contributed by atoms with E-state index in [1.165, 1.54) is 16.4 Å². The number of H-pyrrole nitrogens is 1. The lowest BCUT2D eigenvalue weighted by Gasteiger charge is -2.17. The molecule has 2 aromatic carbocycles. The maximum absolute atomic E-state index is 13.6. The van der Waals surface area contributed by atoms with Crippen molar-refractivity contribution in [2.75, 3.05) is 6.54 Å². The van der Waals surface area contributed by atoms with Crippen molar-refractivity contribution in [1.29, 1.82) is 0 Å². The zero-order valence-electron chi connectivity index (χ0n) is 18.7. The minimum absolute atomic E-state index is 0.113. The lowest BCUT2D eigenvalue weighted by molar-refractivity contribution is -0.111. The highest BCUT2D eigenvalue weighted by Crippen LogP contribution is 2.46. The first-order valence-electron chi connectivity index (χ1n) is 11.3. The number of halogens is 2. The van der Waals surface area contributed by atoms with Crippen LogP contribution in [-0.2, 0) is 22.2 Å². The molecular weight excluding hydrogens is 493 g/mol. The molecule has 2 aromatic heterocycles. The summed E-state index contributed by atoms with van der Waals surface area (Å²) in [6, 6.07) is 10.0. The van der Waals surface area contributed by atoms with Crippen LogP contribution in [0.3, 0.4) is 0 Å². The quantitative estimate of drug-likeness (QED) is 0.218. The Bertz CT molecular complexity index is 1440. The summed E-state index contributed by atoms with van der Waals surface area (Å²) in [7, 11) is -2.85. The fourth-order valence-corrected chi connectivity index (χ4v) is 5.08. The normalized spacial score (nSPS) is 13.8. The Kier molecular flexibility index (Phi) is 6.73. The van der Waals surface area contributed by atoms with E-state index in [1.54, 1.807) is 24.5 Å². The zero-order chi connectivity index (χ0) is 24.5. The summed E-state index contributed by atoms with van der Waals surface area (Å²) < 4.78 is 45.1. The van der Waals surface area contributed by atoms with Crippen molar-refractivity contribution in [2.24, 2.45) is 0 Å². The first-order chi connectivity index (χ1) is 16.9. The second-order valence-electron chi connectivity index (χ2n) is 8.66. The van der Waals surface area contributed by atoms with Gasteiger partial charge in [0, 0.05) is 42.9 Å². The van der Waals surface area contributed by atoms with Crippen LogP contribution in [0, 0.1) is 5.82 Å². The molecule has 0 atom stereocenters. The number of hydrogen-bond acceptors (Lipinski definition) is 5. The number of thiol groups is 1. The molecule has 7 nitrogen and oxygen atoms in total. The van der Waals surface area contributed by atoms with Crippen LogP contribution < -0.4 is 0 Å². The van der Waals surface area contributed by atoms with Crippen LogP contribution in [0.25, 0.3) is 33.7 Å². The number of aromatic amines is 1. The molecule has 0 spiro atoms. The van der Waals surface area contributed by atoms with Gasteiger partial charge in [-0.25, -0.2) is 17.8 Å². The molecule has 35 heavy (non-hydrogen) atoms. The van der Waals surface area contributed by atoms with Gasteiger partial charge in [-0.1, -0.05) is 0 Å². The van der Waals surface area contributed by atoms with Gasteiger partial charge in [-0.05, 0) is 84.3 Å². The Morgan fingerprint density at radius 3 is 2.63 bits per heavy atom. The smallest absolute Gasteiger partial charge is 0.221 e. The number of furan rings is 1. The van der Waals surface area contributed by atoms with Gasteiger partial charge < -0.3 is 9.40 Å². The predicted octanol–water partition coefficient (Wildman–Crippen LogP) is 5.38. The molecule has 1 aliphatic carbocycles. The highest BCUT2D eigenvalue weighted by molar-refractivity contribution is 7.69. The summed E-state index contributed by atoms with van der Waals surface area (Å²) in [6.07, 6.45) is 5.91. The Morgan fingerprint density at radius 1 is 1.23 bits per heavy atom. The Balaban J connectivity index is 1.61. The van der Waals surface area contributed by atoms with Crippen LogP contribution in [-0.4, -0.2) is 34.5 Å². The van der Waals surface area contributed by atoms with Crippen LogP contribution in [0.1, 0.15) is 42.7 Å². The molecule has 0 unspecified atom stereocenters. The molecule has 182 valence electrons. The average Bonchev–Trinajstić information content (AvgIpc) is 3.39. The second kappa shape index (κ2) is 9.93. The SMILES string of the molecule is O=C(Cl)CCCN(Cc1cc2oc(-c3ccc(F)cc3)c(-c3ncc[nH]3)c2cc1C1CC1)[SH](=O)=O. The van der Waals surface area contributed by atoms with Gasteiger partial charge in [0.1, 0.15) is 23.0 Å². The first-order valence-corrected chi connectivity index (χ1v) is 12.8. The molecule has 1 fully saturated rings. The van der Waals surface area contributed by atoms with E-state index in [0.29, 0.717) is 35.1 Å². The lowest BCUT2D eigenvalue weighted by atomic mass is 9.97. The van der Waals surface area contributed by atoms with Crippen molar-refractivity contribution in [3.8, 4) is 22.7 Å². The summed E-state index contributed by atoms with van der Waals surface area (Å²) >= 11 is 5.41. The standard InChI is InChI=1S/C25H23ClFN3O4S/c26-22(31)2-1-11-30(35(32)33)14-17-12-21-20(13-19(17)15-3-4-15)23(25-28-9-10-29-25)24(34-21)16-5-7-18(27)8-6-16/h5-10,12-13,15,35H,1-4,11,14H2,(H,28,29). The van der Waals surface area contributed by atoms with E-state index in [1.807, 2.05) is 6.07 Å². The second-order valence-corrected chi connectivity index (χ2v) is 10.1. The molecule has 0 radical (unpaired) electrons. The highest BCUT2D eigenvalue weighted by Gasteiger charge is 2.29. The van der Waals surface area contributed by atoms with Crippen molar-refractivity contribution in [3.05, 3.63) is 65.7 Å². The largest absolute Gasteiger partial charge is 0.455 e. The van der Waals surface area contributed by atoms with Gasteiger partial charge in [-0.15, -0.1) is 0 Å². The Morgan fingerprint density at radius 2 is 2.00 bits per heavy atom. The number of nitrogens with one attached hydrogen (secondary N) is 1. The maximum Gasteiger partial charge on any atom is 0.221 e. The van der Waals surface area contributed by atoms with E-state index in [-0.39, 0.29) is 25.3 Å². The van der Waals surface area contributed by atoms with E-state index >= 15 is 0 Å². The lowest BCUT2D eigenvalue weighted by Crippen LogP contribution is -2.23. The highest BCUT2D eigenvalue weighted by atomic mass is 35.5. The van der Waals surface area contributed by atoms with Crippen molar-refractivity contribution in [2.45, 2.75) is 38.1 Å². The number of fused-ring (bicyclic) bond motifs is 1. The van der Waals surface area contributed by atoms with Crippen molar-refractivity contribution in [3.63, 3.8) is 0 Å². The van der Waals surface area contributed by atoms with Crippen molar-refractivity contribution in [1.82, 2.24) is 14.3 Å². The van der Waals surface area contributed by atoms with E-state index in [0.717, 1.165) is 34.9 Å². The fourth-order valence-electron chi connectivity index (χ4n) is 4.37. The summed E-state index contributed by atoms with van der Waals surface area (Å²) in [4.78, 5) is 18.6. The average molecular weight is 516 g/mol. The molecule has 1 N–H and O–H groups in total. The molecule has 0 amide bonds. The van der Waals surface area contributed by atoms with Gasteiger partial charge in [-0.2, -0.15) is 4.31 Å². The third-order valence-corrected chi connectivity index (χ3v) is 7.17. The molecule has 0 bridgehead atoms. The van der Waals surface area contributed by atoms with Crippen LogP contribution in [0.4, 0.5) is 4.39 Å². The number of aromatic nitrogens is 2. The van der Waals surface area contributed by atoms with Gasteiger partial charge >= 0.3 is 0 Å². The molecule has 1 saturated carbocycles. The molecule has 0 saturated heterocycles. The first kappa shape index (κ1) is 23.7. The minimum Gasteiger partial charge on any atom is -0.455 e. The van der Waals surface area contributed by atoms with E-state index in [4.69, 9.17) is 16.0 Å². The van der Waals surface area contributed by atoms with Gasteiger partial charge in [0.2, 0.25) is 16.1 Å². The molecule has 10 heteroatoms. The minimum atomic E-state index is -2.85. The molecular formula is C25H23ClFN3O4S. The van der Waals surface area contributed by atoms with Crippen molar-refractivity contribution < 1.29 is 22.0 Å². The molecule has 2 heterocycles. The summed E-state index contributed by atoms with van der Waals surface area (Å²) in [5.74, 6) is 1.19. The van der Waals surface area contributed by atoms with Crippen LogP contribution >= 0.6 is 11.6 Å². The number of benzene rings is 2. The zero-order valence-corrected chi connectivity index (χ0v) is 20.3. The monoisotopic (exact) mass is 515 g/mol. The van der Waals surface area contributed by atoms with Gasteiger partial charge in [-0.3, -0.25) is 4.79 Å². The molecule has 0 aliphatic heterocycles. The topological polar surface area (TPSA) is 96.3 Å². The third-order valence-electron chi connectivity index (χ3n) is 6.18. The Hall–Kier alpha value is -3.01. The van der Waals surface area contributed by atoms with Crippen LogP contribution in [0.2, 0.25) is 0 Å². The number of imidazole rings is 1. The van der Waals surface area contributed by atoms with E-state index in [2.05, 4.69) is 16.0 Å². The maximum atomic E-state index is 13.6. The molecule has 5 rings (SSSR count). The van der Waals surface area contributed by atoms with Gasteiger partial charge in [0.15, 0.2) is 0 Å². The number of nitrogens with zero attached hydrogens (tertiary/aromatic N) is 2. The number of carbonyl (C=O) groups excluding carboxylic acids is 1. The predicted molar refractivity (Wildman–Crippen MR) is 132 cm³/mol. The van der Waals surface area contributed by atoms with Crippen molar-refractivity contribution >= 4 is 38.7 Å². The molecule has 1 aliphatic rings. The summed E-state index contributed by atoms with van der Waals surface area (Å²) in [5.41, 5.74) is 4.01. The van der Waals surface area contributed by atoms with E-state index < -0.39 is 16.1 Å². The number of carbonyl (C=O) groups is 1. The Labute approximate surface area is 208 Å². The number of hydrogen-bond donors (Lipinski definition) is 2. The van der Waals surface area contributed by atoms with Gasteiger partial charge in [0.25, 0.3) is 0 Å². The summed E-state index contributed by atoms with van der Waals surface area (Å²) in [5, 5.41) is 0.372.